The van der Waals surface area contributed by atoms with Crippen molar-refractivity contribution in [3.05, 3.63) is 29.8 Å². The van der Waals surface area contributed by atoms with Crippen LogP contribution < -0.4 is 10.0 Å². The van der Waals surface area contributed by atoms with E-state index in [2.05, 4.69) is 44.7 Å². The van der Waals surface area contributed by atoms with E-state index in [4.69, 9.17) is 0 Å². The average Bonchev–Trinajstić information content (AvgIpc) is 2.48. The third-order valence-corrected chi connectivity index (χ3v) is 6.60. The van der Waals surface area contributed by atoms with E-state index < -0.39 is 10.0 Å². The van der Waals surface area contributed by atoms with Crippen LogP contribution >= 0.6 is 0 Å². The van der Waals surface area contributed by atoms with Crippen molar-refractivity contribution in [2.75, 3.05) is 0 Å². The molecule has 1 fully saturated rings. The van der Waals surface area contributed by atoms with Gasteiger partial charge >= 0.3 is 0 Å². The predicted octanol–water partition coefficient (Wildman–Crippen LogP) is 4.40. The molecule has 5 heteroatoms. The Morgan fingerprint density at radius 3 is 2.12 bits per heavy atom. The van der Waals surface area contributed by atoms with Gasteiger partial charge in [0, 0.05) is 17.1 Å². The van der Waals surface area contributed by atoms with Gasteiger partial charge in [-0.05, 0) is 71.1 Å². The minimum atomic E-state index is -3.48. The lowest BCUT2D eigenvalue weighted by molar-refractivity contribution is 0.157. The van der Waals surface area contributed by atoms with Crippen LogP contribution in [0.3, 0.4) is 0 Å². The fraction of sp³-hybridized carbons (Fsp3) is 0.714. The van der Waals surface area contributed by atoms with Crippen molar-refractivity contribution in [1.82, 2.24) is 10.0 Å². The van der Waals surface area contributed by atoms with Gasteiger partial charge in [0.25, 0.3) is 0 Å². The molecule has 0 aliphatic carbocycles. The van der Waals surface area contributed by atoms with Crippen LogP contribution in [0.1, 0.15) is 78.7 Å². The normalized spacial score (nSPS) is 20.2. The number of hydrogen-bond acceptors (Lipinski definition) is 3. The van der Waals surface area contributed by atoms with Gasteiger partial charge in [-0.3, -0.25) is 0 Å². The van der Waals surface area contributed by atoms with Crippen molar-refractivity contribution < 1.29 is 8.42 Å². The fourth-order valence-electron chi connectivity index (χ4n) is 4.28. The van der Waals surface area contributed by atoms with E-state index in [9.17, 15) is 8.42 Å². The number of aryl methyl sites for hydroxylation is 1. The van der Waals surface area contributed by atoms with Crippen LogP contribution in [0.2, 0.25) is 0 Å². The molecule has 0 radical (unpaired) electrons. The summed E-state index contributed by atoms with van der Waals surface area (Å²) in [5, 5.41) is 3.59. The maximum absolute atomic E-state index is 12.8. The second-order valence-corrected chi connectivity index (χ2v) is 10.8. The van der Waals surface area contributed by atoms with Gasteiger partial charge in [0.1, 0.15) is 0 Å². The molecule has 4 nitrogen and oxygen atoms in total. The van der Waals surface area contributed by atoms with E-state index in [0.29, 0.717) is 4.90 Å². The van der Waals surface area contributed by atoms with Crippen molar-refractivity contribution >= 4 is 10.0 Å². The molecule has 2 rings (SSSR count). The van der Waals surface area contributed by atoms with Crippen molar-refractivity contribution in [1.29, 1.82) is 0 Å². The van der Waals surface area contributed by atoms with E-state index in [0.717, 1.165) is 25.7 Å². The molecule has 0 bridgehead atoms. The highest BCUT2D eigenvalue weighted by molar-refractivity contribution is 7.89. The first kappa shape index (κ1) is 21.4. The van der Waals surface area contributed by atoms with E-state index in [-0.39, 0.29) is 17.1 Å². The molecular weight excluding hydrogens is 344 g/mol. The lowest BCUT2D eigenvalue weighted by Gasteiger charge is -2.46. The van der Waals surface area contributed by atoms with Crippen LogP contribution in [0.25, 0.3) is 0 Å². The van der Waals surface area contributed by atoms with Crippen LogP contribution in [0.15, 0.2) is 29.2 Å². The summed E-state index contributed by atoms with van der Waals surface area (Å²) in [6.45, 7) is 10.7. The molecular formula is C21H36N2O2S. The number of rotatable bonds is 8. The predicted molar refractivity (Wildman–Crippen MR) is 109 cm³/mol. The zero-order valence-corrected chi connectivity index (χ0v) is 17.9. The van der Waals surface area contributed by atoms with E-state index in [1.807, 2.05) is 12.1 Å². The molecule has 0 aromatic heterocycles. The summed E-state index contributed by atoms with van der Waals surface area (Å²) < 4.78 is 28.5. The smallest absolute Gasteiger partial charge is 0.240 e. The first-order valence-electron chi connectivity index (χ1n) is 9.94. The van der Waals surface area contributed by atoms with Gasteiger partial charge in [-0.1, -0.05) is 38.3 Å². The highest BCUT2D eigenvalue weighted by Crippen LogP contribution is 2.29. The second-order valence-electron chi connectivity index (χ2n) is 9.07. The van der Waals surface area contributed by atoms with E-state index in [1.54, 1.807) is 12.1 Å². The average molecular weight is 381 g/mol. The van der Waals surface area contributed by atoms with Gasteiger partial charge in [-0.2, -0.15) is 0 Å². The molecule has 1 aromatic carbocycles. The lowest BCUT2D eigenvalue weighted by atomic mass is 9.80. The molecule has 0 spiro atoms. The first-order chi connectivity index (χ1) is 12.0. The monoisotopic (exact) mass is 380 g/mol. The second kappa shape index (κ2) is 8.41. The van der Waals surface area contributed by atoms with Crippen molar-refractivity contribution in [2.45, 2.75) is 102 Å². The quantitative estimate of drug-likeness (QED) is 0.657. The summed E-state index contributed by atoms with van der Waals surface area (Å²) in [5.74, 6) is 0. The number of nitrogens with one attached hydrogen (secondary N) is 2. The Labute approximate surface area is 160 Å². The van der Waals surface area contributed by atoms with Crippen molar-refractivity contribution in [2.24, 2.45) is 0 Å². The summed E-state index contributed by atoms with van der Waals surface area (Å²) in [7, 11) is -3.48. The standard InChI is InChI=1S/C21H36N2O2S/c1-6-7-8-9-10-17-11-13-19(14-12-17)26(24,25)22-18-15-20(2,3)23-21(4,5)16-18/h11-14,18,22-23H,6-10,15-16H2,1-5H3. The Balaban J connectivity index is 2.01. The summed E-state index contributed by atoms with van der Waals surface area (Å²) >= 11 is 0. The molecule has 0 unspecified atom stereocenters. The van der Waals surface area contributed by atoms with Crippen LogP contribution in [-0.2, 0) is 16.4 Å². The molecule has 1 aromatic rings. The highest BCUT2D eigenvalue weighted by Gasteiger charge is 2.39. The maximum Gasteiger partial charge on any atom is 0.240 e. The Morgan fingerprint density at radius 1 is 1.00 bits per heavy atom. The summed E-state index contributed by atoms with van der Waals surface area (Å²) in [4.78, 5) is 0.365. The van der Waals surface area contributed by atoms with Gasteiger partial charge in [0.15, 0.2) is 0 Å². The van der Waals surface area contributed by atoms with E-state index in [1.165, 1.54) is 24.8 Å². The third kappa shape index (κ3) is 6.36. The van der Waals surface area contributed by atoms with Crippen LogP contribution in [0.5, 0.6) is 0 Å². The Bertz CT molecular complexity index is 662. The molecule has 0 atom stereocenters. The molecule has 1 aliphatic heterocycles. The largest absolute Gasteiger partial charge is 0.307 e. The molecule has 0 saturated carbocycles. The van der Waals surface area contributed by atoms with Gasteiger partial charge < -0.3 is 5.32 Å². The van der Waals surface area contributed by atoms with E-state index >= 15 is 0 Å². The van der Waals surface area contributed by atoms with Crippen LogP contribution in [-0.4, -0.2) is 25.5 Å². The van der Waals surface area contributed by atoms with Crippen LogP contribution in [0.4, 0.5) is 0 Å². The number of sulfonamides is 1. The van der Waals surface area contributed by atoms with Gasteiger partial charge in [0.2, 0.25) is 10.0 Å². The molecule has 26 heavy (non-hydrogen) atoms. The highest BCUT2D eigenvalue weighted by atomic mass is 32.2. The number of unbranched alkanes of at least 4 members (excludes halogenated alkanes) is 3. The molecule has 1 aliphatic rings. The zero-order chi connectivity index (χ0) is 19.4. The number of piperidine rings is 1. The Kier molecular flexibility index (Phi) is 6.92. The number of benzene rings is 1. The molecule has 1 heterocycles. The van der Waals surface area contributed by atoms with Gasteiger partial charge in [-0.15, -0.1) is 0 Å². The van der Waals surface area contributed by atoms with Crippen LogP contribution in [0, 0.1) is 0 Å². The summed E-state index contributed by atoms with van der Waals surface area (Å²) in [6, 6.07) is 7.34. The molecule has 2 N–H and O–H groups in total. The summed E-state index contributed by atoms with van der Waals surface area (Å²) in [6.07, 6.45) is 7.48. The minimum absolute atomic E-state index is 0.0556. The Morgan fingerprint density at radius 2 is 1.58 bits per heavy atom. The minimum Gasteiger partial charge on any atom is -0.307 e. The van der Waals surface area contributed by atoms with Crippen molar-refractivity contribution in [3.63, 3.8) is 0 Å². The Hall–Kier alpha value is -0.910. The third-order valence-electron chi connectivity index (χ3n) is 5.06. The lowest BCUT2D eigenvalue weighted by Crippen LogP contribution is -2.62. The molecule has 0 amide bonds. The summed E-state index contributed by atoms with van der Waals surface area (Å²) in [5.41, 5.74) is 1.04. The van der Waals surface area contributed by atoms with Gasteiger partial charge in [-0.25, -0.2) is 13.1 Å². The number of hydrogen-bond donors (Lipinski definition) is 2. The maximum atomic E-state index is 12.8. The van der Waals surface area contributed by atoms with Crippen molar-refractivity contribution in [3.8, 4) is 0 Å². The first-order valence-corrected chi connectivity index (χ1v) is 11.4. The van der Waals surface area contributed by atoms with Gasteiger partial charge in [0.05, 0.1) is 4.90 Å². The molecule has 1 saturated heterocycles. The molecule has 148 valence electrons. The fourth-order valence-corrected chi connectivity index (χ4v) is 5.52. The SMILES string of the molecule is CCCCCCc1ccc(S(=O)(=O)NC2CC(C)(C)NC(C)(C)C2)cc1. The zero-order valence-electron chi connectivity index (χ0n) is 17.1. The topological polar surface area (TPSA) is 58.2 Å².